The minimum absolute atomic E-state index is 0.207. The fraction of sp³-hybridized carbons (Fsp3) is 0.533. The number of oxime groups is 1. The van der Waals surface area contributed by atoms with Crippen LogP contribution in [-0.2, 0) is 22.5 Å². The average Bonchev–Trinajstić information content (AvgIpc) is 3.75. The van der Waals surface area contributed by atoms with Gasteiger partial charge in [-0.1, -0.05) is 23.4 Å². The smallest absolute Gasteiger partial charge is 0.352 e. The summed E-state index contributed by atoms with van der Waals surface area (Å²) in [6.07, 6.45) is 1.78. The molecule has 5 heterocycles. The first-order valence-electron chi connectivity index (χ1n) is 14.6. The molecule has 0 unspecified atom stereocenters. The first-order chi connectivity index (χ1) is 19.8. The van der Waals surface area contributed by atoms with E-state index in [0.29, 0.717) is 30.9 Å². The summed E-state index contributed by atoms with van der Waals surface area (Å²) in [6, 6.07) is 10.4. The molecule has 2 aromatic heterocycles. The summed E-state index contributed by atoms with van der Waals surface area (Å²) in [7, 11) is 0. The predicted octanol–water partition coefficient (Wildman–Crippen LogP) is 2.12. The van der Waals surface area contributed by atoms with Gasteiger partial charge in [0.2, 0.25) is 0 Å². The molecule has 6 atom stereocenters. The van der Waals surface area contributed by atoms with Crippen molar-refractivity contribution in [1.82, 2.24) is 18.9 Å². The second-order valence-electron chi connectivity index (χ2n) is 11.8. The molecule has 1 aliphatic carbocycles. The van der Waals surface area contributed by atoms with Crippen LogP contribution in [0.25, 0.3) is 5.69 Å². The molecule has 216 valence electrons. The van der Waals surface area contributed by atoms with Gasteiger partial charge in [-0.25, -0.2) is 23.5 Å². The van der Waals surface area contributed by atoms with Crippen molar-refractivity contribution >= 4 is 11.4 Å². The van der Waals surface area contributed by atoms with E-state index < -0.39 is 29.6 Å². The van der Waals surface area contributed by atoms with Crippen LogP contribution in [0.2, 0.25) is 0 Å². The standard InChI is InChI=1S/C30H36N6O5/c1-17-15-23-22(31-19(17)3)11-7-8-13-33(23)16-18(2)41-32-24-21-12-14-34-29(38)35(20-9-5-4-6-10-20)30(39)36(34)25(21)26(37)28-27(24)40-28/h4-6,9-10,15,18,21,25-28,37H,7-8,11-14,16H2,1-3H3/t18-,21+,25-,26-,27+,28-/m0/s1. The Balaban J connectivity index is 1.15. The number of hydrogen-bond donors (Lipinski definition) is 1. The van der Waals surface area contributed by atoms with E-state index in [1.54, 1.807) is 24.3 Å². The van der Waals surface area contributed by atoms with E-state index in [9.17, 15) is 14.7 Å². The van der Waals surface area contributed by atoms with Crippen molar-refractivity contribution in [3.63, 3.8) is 0 Å². The van der Waals surface area contributed by atoms with Gasteiger partial charge in [0.05, 0.1) is 35.4 Å². The summed E-state index contributed by atoms with van der Waals surface area (Å²) in [5.74, 6) is -0.279. The summed E-state index contributed by atoms with van der Waals surface area (Å²) < 4.78 is 9.88. The van der Waals surface area contributed by atoms with Crippen molar-refractivity contribution < 1.29 is 14.7 Å². The maximum absolute atomic E-state index is 13.6. The van der Waals surface area contributed by atoms with Crippen molar-refractivity contribution in [2.45, 2.75) is 83.5 Å². The van der Waals surface area contributed by atoms with Gasteiger partial charge in [-0.2, -0.15) is 0 Å². The van der Waals surface area contributed by atoms with Gasteiger partial charge in [-0.05, 0) is 70.2 Å². The summed E-state index contributed by atoms with van der Waals surface area (Å²) >= 11 is 0. The monoisotopic (exact) mass is 560 g/mol. The number of fused-ring (bicyclic) bond motifs is 5. The molecule has 3 aromatic rings. The van der Waals surface area contributed by atoms with Crippen LogP contribution in [0.1, 0.15) is 49.2 Å². The molecular formula is C30H36N6O5. The number of aliphatic hydroxyl groups is 1. The number of benzene rings is 1. The third kappa shape index (κ3) is 4.33. The zero-order valence-corrected chi connectivity index (χ0v) is 23.6. The number of nitrogens with zero attached hydrogens (tertiary/aromatic N) is 6. The molecule has 1 N–H and O–H groups in total. The SMILES string of the molecule is Cc1cc2c(nc1C)CCCCN2C[C@H](C)ON=C1[C@H]2CCn3c(=O)n(-c4ccccc4)c(=O)n3[C@@H]2[C@H](O)[C@@H]2O[C@H]12. The molecule has 41 heavy (non-hydrogen) atoms. The topological polar surface area (TPSA) is 119 Å². The predicted molar refractivity (Wildman–Crippen MR) is 153 cm³/mol. The molecular weight excluding hydrogens is 524 g/mol. The fourth-order valence-corrected chi connectivity index (χ4v) is 6.84. The molecule has 0 amide bonds. The molecule has 0 radical (unpaired) electrons. The number of anilines is 1. The third-order valence-corrected chi connectivity index (χ3v) is 9.07. The van der Waals surface area contributed by atoms with Gasteiger partial charge in [0.1, 0.15) is 24.4 Å². The lowest BCUT2D eigenvalue weighted by Crippen LogP contribution is -2.53. The normalized spacial score (nSPS) is 28.2. The molecule has 7 rings (SSSR count). The highest BCUT2D eigenvalue weighted by atomic mass is 16.6. The quantitative estimate of drug-likeness (QED) is 0.375. The zero-order chi connectivity index (χ0) is 28.4. The highest BCUT2D eigenvalue weighted by Crippen LogP contribution is 2.46. The van der Waals surface area contributed by atoms with Crippen LogP contribution in [-0.4, -0.2) is 67.2 Å². The molecule has 11 nitrogen and oxygen atoms in total. The van der Waals surface area contributed by atoms with E-state index in [-0.39, 0.29) is 18.1 Å². The maximum atomic E-state index is 13.6. The lowest BCUT2D eigenvalue weighted by Gasteiger charge is -2.38. The van der Waals surface area contributed by atoms with Crippen molar-refractivity contribution in [2.75, 3.05) is 18.0 Å². The third-order valence-electron chi connectivity index (χ3n) is 9.07. The van der Waals surface area contributed by atoms with E-state index >= 15 is 0 Å². The van der Waals surface area contributed by atoms with Gasteiger partial charge < -0.3 is 19.6 Å². The number of aromatic nitrogens is 4. The number of para-hydroxylation sites is 1. The number of pyridine rings is 1. The van der Waals surface area contributed by atoms with Crippen LogP contribution in [0.4, 0.5) is 5.69 Å². The molecule has 0 spiro atoms. The van der Waals surface area contributed by atoms with Crippen LogP contribution >= 0.6 is 0 Å². The van der Waals surface area contributed by atoms with Crippen molar-refractivity contribution in [3.05, 3.63) is 74.3 Å². The van der Waals surface area contributed by atoms with E-state index in [1.807, 2.05) is 13.0 Å². The van der Waals surface area contributed by atoms with Crippen molar-refractivity contribution in [1.29, 1.82) is 0 Å². The summed E-state index contributed by atoms with van der Waals surface area (Å²) in [5, 5.41) is 15.8. The summed E-state index contributed by atoms with van der Waals surface area (Å²) in [4.78, 5) is 40.2. The van der Waals surface area contributed by atoms with Gasteiger partial charge in [-0.15, -0.1) is 0 Å². The molecule has 0 bridgehead atoms. The molecule has 1 saturated heterocycles. The largest absolute Gasteiger partial charge is 0.391 e. The number of aryl methyl sites for hydroxylation is 3. The first kappa shape index (κ1) is 26.2. The summed E-state index contributed by atoms with van der Waals surface area (Å²) in [5.41, 5.74) is 4.90. The molecule has 11 heteroatoms. The van der Waals surface area contributed by atoms with Gasteiger partial charge in [0.25, 0.3) is 0 Å². The lowest BCUT2D eigenvalue weighted by molar-refractivity contribution is 0.0300. The molecule has 2 fully saturated rings. The zero-order valence-electron chi connectivity index (χ0n) is 23.6. The summed E-state index contributed by atoms with van der Waals surface area (Å²) in [6.45, 7) is 8.10. The van der Waals surface area contributed by atoms with Crippen molar-refractivity contribution in [2.24, 2.45) is 11.1 Å². The van der Waals surface area contributed by atoms with Gasteiger partial charge >= 0.3 is 11.4 Å². The number of aliphatic hydroxyl groups excluding tert-OH is 1. The van der Waals surface area contributed by atoms with Crippen LogP contribution in [0.3, 0.4) is 0 Å². The Bertz CT molecular complexity index is 1620. The van der Waals surface area contributed by atoms with Crippen LogP contribution in [0.5, 0.6) is 0 Å². The van der Waals surface area contributed by atoms with E-state index in [0.717, 1.165) is 37.2 Å². The Morgan fingerprint density at radius 2 is 1.95 bits per heavy atom. The molecule has 1 saturated carbocycles. The number of ether oxygens (including phenoxy) is 1. The molecule has 3 aliphatic heterocycles. The minimum Gasteiger partial charge on any atom is -0.391 e. The van der Waals surface area contributed by atoms with Gasteiger partial charge in [0, 0.05) is 24.7 Å². The maximum Gasteiger partial charge on any atom is 0.352 e. The molecule has 1 aromatic carbocycles. The Morgan fingerprint density at radius 1 is 1.15 bits per heavy atom. The minimum atomic E-state index is -0.926. The van der Waals surface area contributed by atoms with E-state index in [2.05, 4.69) is 30.0 Å². The van der Waals surface area contributed by atoms with Gasteiger partial charge in [-0.3, -0.25) is 4.98 Å². The van der Waals surface area contributed by atoms with Gasteiger partial charge in [0.15, 0.2) is 0 Å². The Morgan fingerprint density at radius 3 is 2.76 bits per heavy atom. The fourth-order valence-electron chi connectivity index (χ4n) is 6.84. The second kappa shape index (κ2) is 9.99. The highest BCUT2D eigenvalue weighted by molar-refractivity contribution is 5.94. The average molecular weight is 561 g/mol. The number of epoxide rings is 1. The van der Waals surface area contributed by atoms with E-state index in [1.165, 1.54) is 25.2 Å². The number of rotatable bonds is 5. The Hall–Kier alpha value is -3.70. The Kier molecular flexibility index (Phi) is 6.39. The Labute approximate surface area is 237 Å². The number of hydrogen-bond acceptors (Lipinski definition) is 8. The van der Waals surface area contributed by atoms with Crippen molar-refractivity contribution in [3.8, 4) is 5.69 Å². The van der Waals surface area contributed by atoms with Crippen LogP contribution < -0.4 is 16.3 Å². The highest BCUT2D eigenvalue weighted by Gasteiger charge is 2.61. The second-order valence-corrected chi connectivity index (χ2v) is 11.8. The first-order valence-corrected chi connectivity index (χ1v) is 14.6. The van der Waals surface area contributed by atoms with Crippen LogP contribution in [0.15, 0.2) is 51.1 Å². The van der Waals surface area contributed by atoms with E-state index in [4.69, 9.17) is 14.6 Å². The van der Waals surface area contributed by atoms with Crippen LogP contribution in [0, 0.1) is 19.8 Å². The lowest BCUT2D eigenvalue weighted by atomic mass is 9.78. The molecule has 4 aliphatic rings.